The van der Waals surface area contributed by atoms with Gasteiger partial charge in [-0.3, -0.25) is 4.79 Å². The highest BCUT2D eigenvalue weighted by molar-refractivity contribution is 7.18. The van der Waals surface area contributed by atoms with Gasteiger partial charge in [-0.25, -0.2) is 4.98 Å². The van der Waals surface area contributed by atoms with E-state index in [0.717, 1.165) is 6.42 Å². The van der Waals surface area contributed by atoms with E-state index in [-0.39, 0.29) is 17.5 Å². The van der Waals surface area contributed by atoms with E-state index in [9.17, 15) is 4.79 Å². The van der Waals surface area contributed by atoms with Gasteiger partial charge in [0.05, 0.1) is 0 Å². The van der Waals surface area contributed by atoms with Crippen LogP contribution in [0.4, 0.5) is 10.9 Å². The molecule has 1 aromatic heterocycles. The average Bonchev–Trinajstić information content (AvgIpc) is 2.64. The molecule has 0 aliphatic carbocycles. The maximum atomic E-state index is 12.3. The Labute approximate surface area is 119 Å². The molecule has 108 valence electrons. The zero-order valence-electron chi connectivity index (χ0n) is 12.6. The summed E-state index contributed by atoms with van der Waals surface area (Å²) in [4.78, 5) is 18.8. The van der Waals surface area contributed by atoms with E-state index in [1.807, 2.05) is 27.7 Å². The standard InChI is InChI=1S/C13H24N4OS/c1-7-8(2)17(6)11(18)9-10(14)15-12(19-9)16-13(3,4)5/h8H,7,14H2,1-6H3,(H,15,16). The van der Waals surface area contributed by atoms with Gasteiger partial charge < -0.3 is 16.0 Å². The molecule has 5 nitrogen and oxygen atoms in total. The van der Waals surface area contributed by atoms with Gasteiger partial charge in [0.25, 0.3) is 5.91 Å². The Hall–Kier alpha value is -1.30. The molecule has 6 heteroatoms. The number of hydrogen-bond donors (Lipinski definition) is 2. The van der Waals surface area contributed by atoms with Crippen LogP contribution in [0.3, 0.4) is 0 Å². The van der Waals surface area contributed by atoms with Crippen LogP contribution in [-0.2, 0) is 0 Å². The summed E-state index contributed by atoms with van der Waals surface area (Å²) in [7, 11) is 1.80. The summed E-state index contributed by atoms with van der Waals surface area (Å²) in [6.45, 7) is 10.2. The van der Waals surface area contributed by atoms with E-state index in [1.54, 1.807) is 11.9 Å². The minimum absolute atomic E-state index is 0.0636. The molecule has 0 saturated heterocycles. The molecule has 19 heavy (non-hydrogen) atoms. The quantitative estimate of drug-likeness (QED) is 0.892. The first-order chi connectivity index (χ1) is 8.65. The third-order valence-electron chi connectivity index (χ3n) is 2.90. The molecule has 0 aliphatic heterocycles. The minimum atomic E-state index is -0.104. The predicted molar refractivity (Wildman–Crippen MR) is 81.7 cm³/mol. The van der Waals surface area contributed by atoms with Crippen LogP contribution in [0.5, 0.6) is 0 Å². The summed E-state index contributed by atoms with van der Waals surface area (Å²) in [6.07, 6.45) is 0.911. The summed E-state index contributed by atoms with van der Waals surface area (Å²) in [6, 6.07) is 0.188. The molecular weight excluding hydrogens is 260 g/mol. The van der Waals surface area contributed by atoms with Crippen LogP contribution in [-0.4, -0.2) is 34.4 Å². The van der Waals surface area contributed by atoms with Gasteiger partial charge in [-0.15, -0.1) is 0 Å². The number of rotatable bonds is 4. The van der Waals surface area contributed by atoms with E-state index >= 15 is 0 Å². The van der Waals surface area contributed by atoms with Crippen molar-refractivity contribution in [1.29, 1.82) is 0 Å². The molecule has 1 rings (SSSR count). The van der Waals surface area contributed by atoms with Crippen molar-refractivity contribution in [3.63, 3.8) is 0 Å². The van der Waals surface area contributed by atoms with Gasteiger partial charge in [-0.2, -0.15) is 0 Å². The Morgan fingerprint density at radius 1 is 1.53 bits per heavy atom. The average molecular weight is 284 g/mol. The van der Waals surface area contributed by atoms with E-state index in [0.29, 0.717) is 15.8 Å². The topological polar surface area (TPSA) is 71.2 Å². The monoisotopic (exact) mass is 284 g/mol. The largest absolute Gasteiger partial charge is 0.382 e. The van der Waals surface area contributed by atoms with Crippen molar-refractivity contribution in [3.05, 3.63) is 4.88 Å². The van der Waals surface area contributed by atoms with Gasteiger partial charge in [-0.1, -0.05) is 18.3 Å². The summed E-state index contributed by atoms with van der Waals surface area (Å²) in [5.41, 5.74) is 5.75. The third-order valence-corrected chi connectivity index (χ3v) is 3.88. The van der Waals surface area contributed by atoms with Gasteiger partial charge in [0.2, 0.25) is 0 Å². The number of nitrogens with zero attached hydrogens (tertiary/aromatic N) is 2. The molecule has 1 atom stereocenters. The van der Waals surface area contributed by atoms with Crippen molar-refractivity contribution in [2.75, 3.05) is 18.1 Å². The molecule has 0 radical (unpaired) electrons. The zero-order chi connectivity index (χ0) is 14.8. The molecular formula is C13H24N4OS. The SMILES string of the molecule is CCC(C)N(C)C(=O)c1sc(NC(C)(C)C)nc1N. The summed E-state index contributed by atoms with van der Waals surface area (Å²) in [5, 5.41) is 3.92. The Kier molecular flexibility index (Phi) is 4.79. The first-order valence-electron chi connectivity index (χ1n) is 6.47. The lowest BCUT2D eigenvalue weighted by Crippen LogP contribution is -2.34. The van der Waals surface area contributed by atoms with Crippen LogP contribution in [0, 0.1) is 0 Å². The number of amides is 1. The van der Waals surface area contributed by atoms with Crippen molar-refractivity contribution >= 4 is 28.2 Å². The zero-order valence-corrected chi connectivity index (χ0v) is 13.4. The Bertz CT molecular complexity index is 450. The molecule has 1 heterocycles. The van der Waals surface area contributed by atoms with Crippen LogP contribution in [0.1, 0.15) is 50.7 Å². The smallest absolute Gasteiger partial charge is 0.267 e. The third kappa shape index (κ3) is 4.09. The van der Waals surface area contributed by atoms with Crippen LogP contribution in [0.15, 0.2) is 0 Å². The maximum absolute atomic E-state index is 12.3. The second kappa shape index (κ2) is 5.77. The van der Waals surface area contributed by atoms with Gasteiger partial charge in [0.15, 0.2) is 5.13 Å². The number of hydrogen-bond acceptors (Lipinski definition) is 5. The number of nitrogens with one attached hydrogen (secondary N) is 1. The number of nitrogens with two attached hydrogens (primary N) is 1. The summed E-state index contributed by atoms with van der Waals surface area (Å²) >= 11 is 1.31. The summed E-state index contributed by atoms with van der Waals surface area (Å²) in [5.74, 6) is 0.239. The second-order valence-corrected chi connectivity index (χ2v) is 6.78. The lowest BCUT2D eigenvalue weighted by Gasteiger charge is -2.23. The number of carbonyl (C=O) groups is 1. The van der Waals surface area contributed by atoms with E-state index in [1.165, 1.54) is 11.3 Å². The lowest BCUT2D eigenvalue weighted by molar-refractivity contribution is 0.0746. The van der Waals surface area contributed by atoms with Gasteiger partial charge in [-0.05, 0) is 34.1 Å². The Morgan fingerprint density at radius 3 is 2.58 bits per heavy atom. The number of carbonyl (C=O) groups excluding carboxylic acids is 1. The maximum Gasteiger partial charge on any atom is 0.267 e. The fraction of sp³-hybridized carbons (Fsp3) is 0.692. The van der Waals surface area contributed by atoms with Crippen LogP contribution in [0.2, 0.25) is 0 Å². The van der Waals surface area contributed by atoms with Crippen LogP contribution < -0.4 is 11.1 Å². The van der Waals surface area contributed by atoms with E-state index in [4.69, 9.17) is 5.73 Å². The van der Waals surface area contributed by atoms with Crippen molar-refractivity contribution in [3.8, 4) is 0 Å². The van der Waals surface area contributed by atoms with Crippen molar-refractivity contribution in [2.45, 2.75) is 52.6 Å². The highest BCUT2D eigenvalue weighted by atomic mass is 32.1. The fourth-order valence-electron chi connectivity index (χ4n) is 1.49. The molecule has 0 bridgehead atoms. The predicted octanol–water partition coefficient (Wildman–Crippen LogP) is 2.81. The minimum Gasteiger partial charge on any atom is -0.382 e. The van der Waals surface area contributed by atoms with Gasteiger partial charge in [0, 0.05) is 18.6 Å². The van der Waals surface area contributed by atoms with Crippen molar-refractivity contribution in [1.82, 2.24) is 9.88 Å². The second-order valence-electron chi connectivity index (χ2n) is 5.78. The first-order valence-corrected chi connectivity index (χ1v) is 7.29. The molecule has 3 N–H and O–H groups in total. The first kappa shape index (κ1) is 15.8. The van der Waals surface area contributed by atoms with Gasteiger partial charge >= 0.3 is 0 Å². The fourth-order valence-corrected chi connectivity index (χ4v) is 2.57. The number of aromatic nitrogens is 1. The Morgan fingerprint density at radius 2 is 2.11 bits per heavy atom. The molecule has 1 aromatic rings. The van der Waals surface area contributed by atoms with Crippen molar-refractivity contribution in [2.24, 2.45) is 0 Å². The van der Waals surface area contributed by atoms with Crippen LogP contribution >= 0.6 is 11.3 Å². The normalized spacial score (nSPS) is 13.2. The van der Waals surface area contributed by atoms with E-state index < -0.39 is 0 Å². The van der Waals surface area contributed by atoms with E-state index in [2.05, 4.69) is 17.2 Å². The molecule has 1 unspecified atom stereocenters. The molecule has 0 spiro atoms. The molecule has 1 amide bonds. The van der Waals surface area contributed by atoms with Crippen LogP contribution in [0.25, 0.3) is 0 Å². The van der Waals surface area contributed by atoms with Gasteiger partial charge in [0.1, 0.15) is 10.7 Å². The number of anilines is 2. The van der Waals surface area contributed by atoms with Crippen molar-refractivity contribution < 1.29 is 4.79 Å². The highest BCUT2D eigenvalue weighted by Crippen LogP contribution is 2.28. The molecule has 0 saturated carbocycles. The molecule has 0 aromatic carbocycles. The lowest BCUT2D eigenvalue weighted by atomic mass is 10.1. The highest BCUT2D eigenvalue weighted by Gasteiger charge is 2.23. The number of nitrogen functional groups attached to an aromatic ring is 1. The molecule has 0 fully saturated rings. The number of thiazole rings is 1. The Balaban J connectivity index is 2.93. The molecule has 0 aliphatic rings. The summed E-state index contributed by atoms with van der Waals surface area (Å²) < 4.78 is 0.